The van der Waals surface area contributed by atoms with Gasteiger partial charge in [0.1, 0.15) is 5.75 Å². The number of benzene rings is 1. The lowest BCUT2D eigenvalue weighted by Crippen LogP contribution is -2.06. The summed E-state index contributed by atoms with van der Waals surface area (Å²) in [6, 6.07) is 11.5. The molecule has 3 aromatic rings. The predicted molar refractivity (Wildman–Crippen MR) is 94.3 cm³/mol. The number of hydrogen-bond donors (Lipinski definition) is 1. The van der Waals surface area contributed by atoms with Crippen LogP contribution in [0.3, 0.4) is 0 Å². The van der Waals surface area contributed by atoms with E-state index in [1.807, 2.05) is 60.2 Å². The number of carbonyl (C=O) groups is 1. The van der Waals surface area contributed by atoms with Crippen LogP contribution in [0.4, 0.5) is 0 Å². The molecule has 0 unspecified atom stereocenters. The lowest BCUT2D eigenvalue weighted by atomic mass is 10.2. The van der Waals surface area contributed by atoms with Crippen LogP contribution in [0.25, 0.3) is 16.4 Å². The number of rotatable bonds is 5. The summed E-state index contributed by atoms with van der Waals surface area (Å²) in [7, 11) is 0. The van der Waals surface area contributed by atoms with Crippen molar-refractivity contribution in [3.8, 4) is 22.1 Å². The maximum atomic E-state index is 11.5. The fraction of sp³-hybridized carbons (Fsp3) is 0.222. The van der Waals surface area contributed by atoms with Crippen LogP contribution >= 0.6 is 11.3 Å². The van der Waals surface area contributed by atoms with Gasteiger partial charge in [-0.25, -0.2) is 9.78 Å². The Labute approximate surface area is 144 Å². The van der Waals surface area contributed by atoms with Gasteiger partial charge in [0.15, 0.2) is 11.5 Å². The molecule has 0 spiro atoms. The van der Waals surface area contributed by atoms with E-state index in [-0.39, 0.29) is 11.8 Å². The van der Waals surface area contributed by atoms with Crippen molar-refractivity contribution in [3.05, 3.63) is 53.2 Å². The zero-order chi connectivity index (χ0) is 17.3. The Morgan fingerprint density at radius 3 is 2.71 bits per heavy atom. The van der Waals surface area contributed by atoms with Crippen molar-refractivity contribution in [2.45, 2.75) is 26.9 Å². The third-order valence-corrected chi connectivity index (χ3v) is 4.37. The second-order valence-electron chi connectivity index (χ2n) is 5.65. The Morgan fingerprint density at radius 2 is 2.08 bits per heavy atom. The summed E-state index contributed by atoms with van der Waals surface area (Å²) in [5.41, 5.74) is 1.48. The minimum Gasteiger partial charge on any atom is -0.491 e. The second-order valence-corrected chi connectivity index (χ2v) is 6.60. The van der Waals surface area contributed by atoms with Gasteiger partial charge >= 0.3 is 5.97 Å². The molecule has 0 aliphatic rings. The van der Waals surface area contributed by atoms with Crippen molar-refractivity contribution in [2.75, 3.05) is 0 Å². The van der Waals surface area contributed by atoms with Crippen LogP contribution in [0, 0.1) is 6.92 Å². The van der Waals surface area contributed by atoms with Gasteiger partial charge < -0.3 is 9.84 Å². The Morgan fingerprint density at radius 1 is 1.29 bits per heavy atom. The predicted octanol–water partition coefficient (Wildman–Crippen LogP) is 4.39. The Kier molecular flexibility index (Phi) is 4.40. The van der Waals surface area contributed by atoms with Crippen LogP contribution < -0.4 is 4.74 Å². The molecular weight excluding hydrogens is 324 g/mol. The minimum atomic E-state index is -1.03. The molecule has 1 N–H and O–H groups in total. The van der Waals surface area contributed by atoms with Gasteiger partial charge in [-0.2, -0.15) is 0 Å². The van der Waals surface area contributed by atoms with Crippen LogP contribution in [0.15, 0.2) is 41.8 Å². The second kappa shape index (κ2) is 6.49. The van der Waals surface area contributed by atoms with E-state index < -0.39 is 5.97 Å². The highest BCUT2D eigenvalue weighted by Gasteiger charge is 2.21. The standard InChI is InChI=1S/C18H18N2O3S/c1-11(2)23-14-7-4-6-13(10-14)20-12(3)16(18(21)22)19-17(20)15-8-5-9-24-15/h4-11H,1-3H3,(H,21,22). The van der Waals surface area contributed by atoms with Gasteiger partial charge in [0.25, 0.3) is 0 Å². The molecule has 2 aromatic heterocycles. The molecule has 0 saturated heterocycles. The zero-order valence-electron chi connectivity index (χ0n) is 13.7. The number of hydrogen-bond acceptors (Lipinski definition) is 4. The number of aromatic nitrogens is 2. The van der Waals surface area contributed by atoms with Crippen molar-refractivity contribution in [3.63, 3.8) is 0 Å². The quantitative estimate of drug-likeness (QED) is 0.746. The monoisotopic (exact) mass is 342 g/mol. The zero-order valence-corrected chi connectivity index (χ0v) is 14.5. The number of imidazole rings is 1. The van der Waals surface area contributed by atoms with E-state index in [0.717, 1.165) is 16.3 Å². The number of carboxylic acids is 1. The van der Waals surface area contributed by atoms with Gasteiger partial charge in [-0.05, 0) is 44.4 Å². The molecule has 0 aliphatic heterocycles. The van der Waals surface area contributed by atoms with E-state index in [0.29, 0.717) is 11.5 Å². The SMILES string of the molecule is Cc1c(C(=O)O)nc(-c2cccs2)n1-c1cccc(OC(C)C)c1. The lowest BCUT2D eigenvalue weighted by Gasteiger charge is -2.13. The molecule has 0 fully saturated rings. The molecule has 1 aromatic carbocycles. The fourth-order valence-corrected chi connectivity index (χ4v) is 3.26. The van der Waals surface area contributed by atoms with E-state index in [1.54, 1.807) is 6.92 Å². The van der Waals surface area contributed by atoms with Gasteiger partial charge in [-0.1, -0.05) is 12.1 Å². The van der Waals surface area contributed by atoms with Crippen LogP contribution in [-0.4, -0.2) is 26.7 Å². The molecule has 6 heteroatoms. The van der Waals surface area contributed by atoms with Crippen LogP contribution in [-0.2, 0) is 0 Å². The first-order valence-corrected chi connectivity index (χ1v) is 8.49. The van der Waals surface area contributed by atoms with Crippen molar-refractivity contribution in [1.82, 2.24) is 9.55 Å². The Hall–Kier alpha value is -2.60. The van der Waals surface area contributed by atoms with Gasteiger partial charge in [0, 0.05) is 6.07 Å². The minimum absolute atomic E-state index is 0.0635. The molecule has 2 heterocycles. The molecule has 124 valence electrons. The van der Waals surface area contributed by atoms with E-state index in [1.165, 1.54) is 11.3 Å². The summed E-state index contributed by atoms with van der Waals surface area (Å²) in [5, 5.41) is 11.4. The molecule has 5 nitrogen and oxygen atoms in total. The topological polar surface area (TPSA) is 64.3 Å². The fourth-order valence-electron chi connectivity index (χ4n) is 2.56. The molecule has 0 bridgehead atoms. The average molecular weight is 342 g/mol. The number of ether oxygens (including phenoxy) is 1. The maximum absolute atomic E-state index is 11.5. The number of thiophene rings is 1. The lowest BCUT2D eigenvalue weighted by molar-refractivity contribution is 0.0690. The van der Waals surface area contributed by atoms with E-state index in [4.69, 9.17) is 4.74 Å². The highest BCUT2D eigenvalue weighted by molar-refractivity contribution is 7.13. The van der Waals surface area contributed by atoms with E-state index in [9.17, 15) is 9.90 Å². The van der Waals surface area contributed by atoms with Crippen molar-refractivity contribution in [2.24, 2.45) is 0 Å². The van der Waals surface area contributed by atoms with Crippen molar-refractivity contribution < 1.29 is 14.6 Å². The number of nitrogens with zero attached hydrogens (tertiary/aromatic N) is 2. The number of aromatic carboxylic acids is 1. The Balaban J connectivity index is 2.18. The number of carboxylic acid groups (broad SMARTS) is 1. The van der Waals surface area contributed by atoms with Gasteiger partial charge in [0.05, 0.1) is 22.4 Å². The van der Waals surface area contributed by atoms with Crippen LogP contribution in [0.5, 0.6) is 5.75 Å². The smallest absolute Gasteiger partial charge is 0.356 e. The van der Waals surface area contributed by atoms with Crippen molar-refractivity contribution >= 4 is 17.3 Å². The maximum Gasteiger partial charge on any atom is 0.356 e. The molecular formula is C18H18N2O3S. The first kappa shape index (κ1) is 16.3. The summed E-state index contributed by atoms with van der Waals surface area (Å²) in [6.45, 7) is 5.70. The largest absolute Gasteiger partial charge is 0.491 e. The van der Waals surface area contributed by atoms with Gasteiger partial charge in [0.2, 0.25) is 0 Å². The summed E-state index contributed by atoms with van der Waals surface area (Å²) >= 11 is 1.53. The molecule has 24 heavy (non-hydrogen) atoms. The molecule has 0 saturated carbocycles. The molecule has 0 atom stereocenters. The molecule has 0 amide bonds. The highest BCUT2D eigenvalue weighted by atomic mass is 32.1. The summed E-state index contributed by atoms with van der Waals surface area (Å²) in [4.78, 5) is 16.8. The highest BCUT2D eigenvalue weighted by Crippen LogP contribution is 2.30. The average Bonchev–Trinajstić information content (AvgIpc) is 3.14. The van der Waals surface area contributed by atoms with Gasteiger partial charge in [-0.3, -0.25) is 4.57 Å². The third-order valence-electron chi connectivity index (χ3n) is 3.50. The van der Waals surface area contributed by atoms with Crippen LogP contribution in [0.2, 0.25) is 0 Å². The van der Waals surface area contributed by atoms with Gasteiger partial charge in [-0.15, -0.1) is 11.3 Å². The summed E-state index contributed by atoms with van der Waals surface area (Å²) < 4.78 is 7.62. The first-order chi connectivity index (χ1) is 11.5. The third kappa shape index (κ3) is 3.05. The Bertz CT molecular complexity index is 867. The van der Waals surface area contributed by atoms with E-state index in [2.05, 4.69) is 4.98 Å². The van der Waals surface area contributed by atoms with E-state index >= 15 is 0 Å². The normalized spacial score (nSPS) is 11.0. The summed E-state index contributed by atoms with van der Waals surface area (Å²) in [6.07, 6.45) is 0.0653. The molecule has 0 aliphatic carbocycles. The molecule has 0 radical (unpaired) electrons. The van der Waals surface area contributed by atoms with Crippen molar-refractivity contribution in [1.29, 1.82) is 0 Å². The molecule has 3 rings (SSSR count). The van der Waals surface area contributed by atoms with Crippen LogP contribution in [0.1, 0.15) is 30.0 Å². The summed E-state index contributed by atoms with van der Waals surface area (Å²) in [5.74, 6) is 0.338. The first-order valence-electron chi connectivity index (χ1n) is 7.61.